The van der Waals surface area contributed by atoms with Crippen molar-refractivity contribution in [3.63, 3.8) is 0 Å². The highest BCUT2D eigenvalue weighted by atomic mass is 32.2. The summed E-state index contributed by atoms with van der Waals surface area (Å²) in [5.74, 6) is 0.248. The lowest BCUT2D eigenvalue weighted by Crippen LogP contribution is -2.00. The molecule has 1 aromatic rings. The fourth-order valence-electron chi connectivity index (χ4n) is 2.26. The van der Waals surface area contributed by atoms with Crippen LogP contribution in [0, 0.1) is 0 Å². The molecule has 1 N–H and O–H groups in total. The predicted octanol–water partition coefficient (Wildman–Crippen LogP) is 1.11. The number of benzene rings is 1. The third-order valence-electron chi connectivity index (χ3n) is 2.83. The van der Waals surface area contributed by atoms with E-state index in [9.17, 15) is 8.42 Å². The Bertz CT molecular complexity index is 477. The molecule has 0 fully saturated rings. The van der Waals surface area contributed by atoms with Gasteiger partial charge in [-0.3, -0.25) is 0 Å². The molecule has 1 aliphatic heterocycles. The monoisotopic (exact) mass is 226 g/mol. The van der Waals surface area contributed by atoms with Gasteiger partial charge in [-0.25, -0.2) is 8.42 Å². The van der Waals surface area contributed by atoms with Gasteiger partial charge in [0, 0.05) is 6.61 Å². The van der Waals surface area contributed by atoms with Gasteiger partial charge in [-0.15, -0.1) is 0 Å². The first-order valence-electron chi connectivity index (χ1n) is 5.01. The molecule has 0 saturated heterocycles. The van der Waals surface area contributed by atoms with E-state index in [-0.39, 0.29) is 18.3 Å². The van der Waals surface area contributed by atoms with Gasteiger partial charge in [0.15, 0.2) is 9.84 Å². The van der Waals surface area contributed by atoms with Crippen LogP contribution in [0.1, 0.15) is 24.0 Å². The number of hydrogen-bond acceptors (Lipinski definition) is 3. The first-order chi connectivity index (χ1) is 7.06. The summed E-state index contributed by atoms with van der Waals surface area (Å²) in [6, 6.07) is 5.31. The Morgan fingerprint density at radius 2 is 2.20 bits per heavy atom. The van der Waals surface area contributed by atoms with E-state index >= 15 is 0 Å². The van der Waals surface area contributed by atoms with Crippen LogP contribution in [0.3, 0.4) is 0 Å². The third kappa shape index (κ3) is 1.68. The second kappa shape index (κ2) is 3.61. The van der Waals surface area contributed by atoms with E-state index in [1.165, 1.54) is 0 Å². The largest absolute Gasteiger partial charge is 0.396 e. The van der Waals surface area contributed by atoms with E-state index in [0.717, 1.165) is 11.1 Å². The minimum absolute atomic E-state index is 0.0488. The highest BCUT2D eigenvalue weighted by Gasteiger charge is 2.33. The Balaban J connectivity index is 2.62. The molecule has 1 aromatic carbocycles. The average molecular weight is 226 g/mol. The van der Waals surface area contributed by atoms with Crippen molar-refractivity contribution in [3.8, 4) is 0 Å². The second-order valence-electron chi connectivity index (χ2n) is 3.99. The van der Waals surface area contributed by atoms with Gasteiger partial charge < -0.3 is 5.11 Å². The van der Waals surface area contributed by atoms with Gasteiger partial charge in [0.05, 0.1) is 10.6 Å². The van der Waals surface area contributed by atoms with E-state index in [1.807, 2.05) is 13.0 Å². The molecule has 1 heterocycles. The Hall–Kier alpha value is -0.870. The highest BCUT2D eigenvalue weighted by molar-refractivity contribution is 7.91. The standard InChI is InChI=1S/C11H14O3S/c1-8-7-15(13,14)10-4-2-3-9(5-6-12)11(8)10/h2-4,8,12H,5-7H2,1H3. The summed E-state index contributed by atoms with van der Waals surface area (Å²) in [4.78, 5) is 0.459. The molecule has 0 amide bonds. The van der Waals surface area contributed by atoms with E-state index in [4.69, 9.17) is 5.11 Å². The van der Waals surface area contributed by atoms with Crippen molar-refractivity contribution < 1.29 is 13.5 Å². The van der Waals surface area contributed by atoms with Gasteiger partial charge in [0.25, 0.3) is 0 Å². The molecule has 0 bridgehead atoms. The molecule has 0 aromatic heterocycles. The number of fused-ring (bicyclic) bond motifs is 1. The van der Waals surface area contributed by atoms with Crippen LogP contribution in [-0.4, -0.2) is 25.9 Å². The summed E-state index contributed by atoms with van der Waals surface area (Å²) in [6.07, 6.45) is 0.531. The molecule has 1 aliphatic rings. The normalized spacial score (nSPS) is 22.7. The zero-order valence-corrected chi connectivity index (χ0v) is 9.42. The van der Waals surface area contributed by atoms with Crippen LogP contribution in [0.25, 0.3) is 0 Å². The quantitative estimate of drug-likeness (QED) is 0.822. The third-order valence-corrected chi connectivity index (χ3v) is 4.80. The summed E-state index contributed by atoms with van der Waals surface area (Å²) in [5, 5.41) is 8.92. The first kappa shape index (κ1) is 10.6. The molecule has 82 valence electrons. The Kier molecular flexibility index (Phi) is 2.56. The van der Waals surface area contributed by atoms with Crippen molar-refractivity contribution in [2.24, 2.45) is 0 Å². The Morgan fingerprint density at radius 3 is 2.87 bits per heavy atom. The van der Waals surface area contributed by atoms with Gasteiger partial charge >= 0.3 is 0 Å². The fourth-order valence-corrected chi connectivity index (χ4v) is 4.22. The lowest BCUT2D eigenvalue weighted by Gasteiger charge is -2.08. The van der Waals surface area contributed by atoms with Gasteiger partial charge in [0.1, 0.15) is 0 Å². The predicted molar refractivity (Wildman–Crippen MR) is 57.7 cm³/mol. The maximum Gasteiger partial charge on any atom is 0.179 e. The van der Waals surface area contributed by atoms with Crippen LogP contribution in [0.4, 0.5) is 0 Å². The van der Waals surface area contributed by atoms with E-state index in [1.54, 1.807) is 12.1 Å². The molecule has 0 aliphatic carbocycles. The molecular weight excluding hydrogens is 212 g/mol. The number of rotatable bonds is 2. The number of hydrogen-bond donors (Lipinski definition) is 1. The van der Waals surface area contributed by atoms with Gasteiger partial charge in [-0.2, -0.15) is 0 Å². The van der Waals surface area contributed by atoms with Crippen molar-refractivity contribution >= 4 is 9.84 Å². The molecule has 1 atom stereocenters. The van der Waals surface area contributed by atoms with Gasteiger partial charge in [0.2, 0.25) is 0 Å². The molecule has 3 nitrogen and oxygen atoms in total. The van der Waals surface area contributed by atoms with Gasteiger partial charge in [-0.05, 0) is 29.5 Å². The molecule has 1 unspecified atom stereocenters. The van der Waals surface area contributed by atoms with Crippen LogP contribution in [0.15, 0.2) is 23.1 Å². The summed E-state index contributed by atoms with van der Waals surface area (Å²) < 4.78 is 23.5. The number of aliphatic hydroxyl groups is 1. The van der Waals surface area contributed by atoms with Crippen molar-refractivity contribution in [2.45, 2.75) is 24.2 Å². The van der Waals surface area contributed by atoms with Crippen molar-refractivity contribution in [1.29, 1.82) is 0 Å². The summed E-state index contributed by atoms with van der Waals surface area (Å²) >= 11 is 0. The van der Waals surface area contributed by atoms with Crippen LogP contribution in [0.5, 0.6) is 0 Å². The van der Waals surface area contributed by atoms with Crippen LogP contribution in [0.2, 0.25) is 0 Å². The number of aliphatic hydroxyl groups excluding tert-OH is 1. The smallest absolute Gasteiger partial charge is 0.179 e. The van der Waals surface area contributed by atoms with E-state index in [0.29, 0.717) is 11.3 Å². The number of sulfone groups is 1. The summed E-state index contributed by atoms with van der Waals surface area (Å²) in [7, 11) is -3.08. The molecule has 0 spiro atoms. The van der Waals surface area contributed by atoms with Crippen LogP contribution in [-0.2, 0) is 16.3 Å². The topological polar surface area (TPSA) is 54.4 Å². The average Bonchev–Trinajstić information content (AvgIpc) is 2.39. The lowest BCUT2D eigenvalue weighted by molar-refractivity contribution is 0.299. The molecule has 0 radical (unpaired) electrons. The minimum Gasteiger partial charge on any atom is -0.396 e. The van der Waals surface area contributed by atoms with E-state index in [2.05, 4.69) is 0 Å². The SMILES string of the molecule is CC1CS(=O)(=O)c2cccc(CCO)c21. The lowest BCUT2D eigenvalue weighted by atomic mass is 9.96. The maximum absolute atomic E-state index is 11.8. The van der Waals surface area contributed by atoms with Crippen molar-refractivity contribution in [2.75, 3.05) is 12.4 Å². The molecule has 15 heavy (non-hydrogen) atoms. The molecule has 0 saturated carbocycles. The zero-order valence-electron chi connectivity index (χ0n) is 8.60. The van der Waals surface area contributed by atoms with Crippen molar-refractivity contribution in [3.05, 3.63) is 29.3 Å². The van der Waals surface area contributed by atoms with Crippen molar-refractivity contribution in [1.82, 2.24) is 0 Å². The van der Waals surface area contributed by atoms with Crippen LogP contribution < -0.4 is 0 Å². The second-order valence-corrected chi connectivity index (χ2v) is 5.99. The molecular formula is C11H14O3S. The molecule has 4 heteroatoms. The Labute approximate surface area is 89.7 Å². The Morgan fingerprint density at radius 1 is 1.47 bits per heavy atom. The highest BCUT2D eigenvalue weighted by Crippen LogP contribution is 2.36. The fraction of sp³-hybridized carbons (Fsp3) is 0.455. The first-order valence-corrected chi connectivity index (χ1v) is 6.67. The van der Waals surface area contributed by atoms with Crippen LogP contribution >= 0.6 is 0 Å². The zero-order chi connectivity index (χ0) is 11.1. The maximum atomic E-state index is 11.8. The molecule has 2 rings (SSSR count). The summed E-state index contributed by atoms with van der Waals surface area (Å²) in [5.41, 5.74) is 1.87. The van der Waals surface area contributed by atoms with Gasteiger partial charge in [-0.1, -0.05) is 19.1 Å². The van der Waals surface area contributed by atoms with E-state index < -0.39 is 9.84 Å². The minimum atomic E-state index is -3.08. The summed E-state index contributed by atoms with van der Waals surface area (Å²) in [6.45, 7) is 1.98.